The van der Waals surface area contributed by atoms with Gasteiger partial charge in [0.2, 0.25) is 5.36 Å². The van der Waals surface area contributed by atoms with Gasteiger partial charge < -0.3 is 29.8 Å². The Morgan fingerprint density at radius 3 is 2.36 bits per heavy atom. The molecule has 1 aliphatic heterocycles. The van der Waals surface area contributed by atoms with Crippen molar-refractivity contribution in [1.29, 1.82) is 0 Å². The molecule has 0 unspecified atom stereocenters. The van der Waals surface area contributed by atoms with Gasteiger partial charge >= 0.3 is 0 Å². The third-order valence-electron chi connectivity index (χ3n) is 7.64. The molecule has 0 atom stereocenters. The first-order chi connectivity index (χ1) is 21.2. The van der Waals surface area contributed by atoms with Crippen LogP contribution in [0, 0.1) is 13.8 Å². The lowest BCUT2D eigenvalue weighted by Gasteiger charge is -2.19. The number of carbonyl (C=O) groups is 1. The Hall–Kier alpha value is -4.82. The van der Waals surface area contributed by atoms with E-state index < -0.39 is 0 Å². The van der Waals surface area contributed by atoms with E-state index in [1.54, 1.807) is 18.2 Å². The maximum Gasteiger partial charge on any atom is 0.251 e. The van der Waals surface area contributed by atoms with Crippen LogP contribution in [0.2, 0.25) is 0 Å². The predicted octanol–water partition coefficient (Wildman–Crippen LogP) is 6.16. The van der Waals surface area contributed by atoms with Crippen molar-refractivity contribution < 1.29 is 18.7 Å². The molecule has 0 bridgehead atoms. The van der Waals surface area contributed by atoms with Crippen molar-refractivity contribution in [3.63, 3.8) is 0 Å². The van der Waals surface area contributed by atoms with Crippen LogP contribution < -0.4 is 29.6 Å². The molecular formula is C36H40N4O4. The number of fused-ring (bicyclic) bond motifs is 2. The highest BCUT2D eigenvalue weighted by Gasteiger charge is 2.19. The first-order valence-corrected chi connectivity index (χ1v) is 14.7. The number of hydrogen-bond donors (Lipinski definition) is 1. The third kappa shape index (κ3) is 6.55. The number of rotatable bonds is 10. The maximum absolute atomic E-state index is 12.2. The molecule has 0 aromatic heterocycles. The van der Waals surface area contributed by atoms with Crippen LogP contribution in [0.5, 0.6) is 11.5 Å². The zero-order valence-electron chi connectivity index (χ0n) is 26.3. The summed E-state index contributed by atoms with van der Waals surface area (Å²) in [5.41, 5.74) is 14.7. The summed E-state index contributed by atoms with van der Waals surface area (Å²) in [6, 6.07) is 24.3. The average molecular weight is 593 g/mol. The molecule has 0 saturated carbocycles. The number of carbonyl (C=O) groups excluding carboxylic acids is 1. The van der Waals surface area contributed by atoms with Crippen LogP contribution in [0.15, 0.2) is 77.2 Å². The summed E-state index contributed by atoms with van der Waals surface area (Å²) in [6.07, 6.45) is 0. The molecule has 1 aliphatic carbocycles. The number of anilines is 1. The lowest BCUT2D eigenvalue weighted by molar-refractivity contribution is 0.0955. The third-order valence-corrected chi connectivity index (χ3v) is 7.64. The molecular weight excluding hydrogens is 552 g/mol. The summed E-state index contributed by atoms with van der Waals surface area (Å²) < 4.78 is 20.8. The number of nitrogens with one attached hydrogen (secondary N) is 2. The predicted molar refractivity (Wildman–Crippen MR) is 178 cm³/mol. The highest BCUT2D eigenvalue weighted by Crippen LogP contribution is 2.42. The fourth-order valence-electron chi connectivity index (χ4n) is 5.18. The van der Waals surface area contributed by atoms with Gasteiger partial charge in [0.25, 0.3) is 5.91 Å². The largest absolute Gasteiger partial charge is 0.676 e. The SMILES string of the molecule is Cc1cc(C(=O)NCC[NH-])ccc1OCCOc1cc(-c2c3ccc(=[N+](C)C)cc-3oc3cc(N(C)C)ccc23)ccc1C. The molecule has 0 spiro atoms. The summed E-state index contributed by atoms with van der Waals surface area (Å²) in [5, 5.41) is 4.83. The molecule has 5 rings (SSSR count). The molecule has 2 aliphatic rings. The average Bonchev–Trinajstić information content (AvgIpc) is 3.01. The van der Waals surface area contributed by atoms with E-state index in [4.69, 9.17) is 19.6 Å². The van der Waals surface area contributed by atoms with E-state index >= 15 is 0 Å². The van der Waals surface area contributed by atoms with Crippen molar-refractivity contribution in [3.8, 4) is 33.9 Å². The lowest BCUT2D eigenvalue weighted by Crippen LogP contribution is -2.25. The van der Waals surface area contributed by atoms with Crippen molar-refractivity contribution in [2.24, 2.45) is 0 Å². The quantitative estimate of drug-likeness (QED) is 0.119. The fraction of sp³-hybridized carbons (Fsp3) is 0.278. The van der Waals surface area contributed by atoms with Gasteiger partial charge in [-0.25, -0.2) is 4.58 Å². The van der Waals surface area contributed by atoms with E-state index in [1.165, 1.54) is 0 Å². The monoisotopic (exact) mass is 592 g/mol. The number of aryl methyl sites for hydroxylation is 2. The number of hydrogen-bond acceptors (Lipinski definition) is 5. The number of nitrogens with zero attached hydrogens (tertiary/aromatic N) is 2. The van der Waals surface area contributed by atoms with E-state index in [2.05, 4.69) is 69.4 Å². The van der Waals surface area contributed by atoms with Crippen LogP contribution in [0.3, 0.4) is 0 Å². The van der Waals surface area contributed by atoms with Crippen LogP contribution >= 0.6 is 0 Å². The fourth-order valence-corrected chi connectivity index (χ4v) is 5.18. The van der Waals surface area contributed by atoms with Crippen LogP contribution in [-0.2, 0) is 0 Å². The highest BCUT2D eigenvalue weighted by atomic mass is 16.5. The second kappa shape index (κ2) is 13.2. The number of benzene rings is 4. The molecule has 44 heavy (non-hydrogen) atoms. The highest BCUT2D eigenvalue weighted by molar-refractivity contribution is 6.02. The minimum absolute atomic E-state index is 0.151. The van der Waals surface area contributed by atoms with Crippen molar-refractivity contribution in [3.05, 3.63) is 101 Å². The molecule has 8 heteroatoms. The lowest BCUT2D eigenvalue weighted by atomic mass is 9.93. The number of amides is 1. The van der Waals surface area contributed by atoms with Crippen molar-refractivity contribution >= 4 is 22.6 Å². The second-order valence-corrected chi connectivity index (χ2v) is 11.3. The van der Waals surface area contributed by atoms with Gasteiger partial charge in [-0.2, -0.15) is 0 Å². The first kappa shape index (κ1) is 30.6. The van der Waals surface area contributed by atoms with Gasteiger partial charge in [-0.05, 0) is 79.5 Å². The summed E-state index contributed by atoms with van der Waals surface area (Å²) >= 11 is 0. The van der Waals surface area contributed by atoms with Crippen molar-refractivity contribution in [1.82, 2.24) is 9.89 Å². The molecule has 228 valence electrons. The van der Waals surface area contributed by atoms with Crippen LogP contribution in [0.1, 0.15) is 21.5 Å². The van der Waals surface area contributed by atoms with Gasteiger partial charge in [0.1, 0.15) is 50.2 Å². The Balaban J connectivity index is 1.41. The zero-order valence-corrected chi connectivity index (χ0v) is 26.3. The summed E-state index contributed by atoms with van der Waals surface area (Å²) in [6.45, 7) is 5.14. The molecule has 3 aromatic carbocycles. The van der Waals surface area contributed by atoms with E-state index in [0.29, 0.717) is 31.1 Å². The van der Waals surface area contributed by atoms with Gasteiger partial charge in [-0.1, -0.05) is 12.1 Å². The molecule has 0 fully saturated rings. The van der Waals surface area contributed by atoms with Gasteiger partial charge in [0.05, 0.1) is 6.07 Å². The van der Waals surface area contributed by atoms with Crippen molar-refractivity contribution in [2.75, 3.05) is 59.4 Å². The Morgan fingerprint density at radius 1 is 0.886 bits per heavy atom. The first-order valence-electron chi connectivity index (χ1n) is 14.7. The van der Waals surface area contributed by atoms with E-state index in [0.717, 1.165) is 61.3 Å². The molecule has 1 heterocycles. The minimum Gasteiger partial charge on any atom is -0.676 e. The van der Waals surface area contributed by atoms with Crippen LogP contribution in [0.4, 0.5) is 5.69 Å². The Kier molecular flexibility index (Phi) is 9.20. The van der Waals surface area contributed by atoms with E-state index in [-0.39, 0.29) is 12.5 Å². The Morgan fingerprint density at radius 2 is 1.66 bits per heavy atom. The maximum atomic E-state index is 12.2. The standard InChI is InChI=1S/C36H40N4O4/c1-23-7-8-25(20-32(23)43-18-17-42-31-14-9-26(19-24(31)2)36(41)38-16-15-37)35-29-12-10-27(39(3)4)21-33(29)44-34-22-28(40(5)6)11-13-30(34)35/h7-14,19-22,37H,15-18H2,1-6H3,(H,38,41). The van der Waals surface area contributed by atoms with Crippen molar-refractivity contribution in [2.45, 2.75) is 13.8 Å². The number of ether oxygens (including phenoxy) is 2. The Labute approximate surface area is 258 Å². The Bertz CT molecular complexity index is 1850. The van der Waals surface area contributed by atoms with Gasteiger partial charge in [-0.15, -0.1) is 6.54 Å². The van der Waals surface area contributed by atoms with Gasteiger partial charge in [0, 0.05) is 54.0 Å². The van der Waals surface area contributed by atoms with Gasteiger partial charge in [0.15, 0.2) is 0 Å². The minimum atomic E-state index is -0.186. The van der Waals surface area contributed by atoms with Crippen LogP contribution in [0.25, 0.3) is 39.2 Å². The molecule has 0 radical (unpaired) electrons. The van der Waals surface area contributed by atoms with Gasteiger partial charge in [-0.3, -0.25) is 4.79 Å². The molecule has 0 saturated heterocycles. The topological polar surface area (TPSA) is 90.8 Å². The second-order valence-electron chi connectivity index (χ2n) is 11.3. The molecule has 1 amide bonds. The summed E-state index contributed by atoms with van der Waals surface area (Å²) in [4.78, 5) is 14.3. The van der Waals surface area contributed by atoms with E-state index in [1.807, 2.05) is 42.0 Å². The summed E-state index contributed by atoms with van der Waals surface area (Å²) in [7, 11) is 8.10. The molecule has 2 N–H and O–H groups in total. The zero-order chi connectivity index (χ0) is 31.4. The normalized spacial score (nSPS) is 11.1. The summed E-state index contributed by atoms with van der Waals surface area (Å²) in [5.74, 6) is 2.13. The van der Waals surface area contributed by atoms with E-state index in [9.17, 15) is 4.79 Å². The molecule has 8 nitrogen and oxygen atoms in total. The molecule has 3 aromatic rings. The van der Waals surface area contributed by atoms with Crippen LogP contribution in [-0.4, -0.2) is 60.4 Å². The smallest absolute Gasteiger partial charge is 0.251 e.